The maximum atomic E-state index is 12.9. The summed E-state index contributed by atoms with van der Waals surface area (Å²) in [4.78, 5) is 12.1. The Morgan fingerprint density at radius 2 is 2.16 bits per heavy atom. The second kappa shape index (κ2) is 5.82. The molecule has 3 N–H and O–H groups in total. The van der Waals surface area contributed by atoms with Gasteiger partial charge in [0.15, 0.2) is 0 Å². The summed E-state index contributed by atoms with van der Waals surface area (Å²) in [6.07, 6.45) is 6.79. The summed E-state index contributed by atoms with van der Waals surface area (Å²) in [6.45, 7) is 0.643. The number of rotatable bonds is 4. The molecule has 1 aromatic rings. The molecule has 104 valence electrons. The van der Waals surface area contributed by atoms with E-state index in [1.165, 1.54) is 31.0 Å². The lowest BCUT2D eigenvalue weighted by Gasteiger charge is -2.27. The van der Waals surface area contributed by atoms with Crippen molar-refractivity contribution >= 4 is 23.4 Å². The number of nitrogens with two attached hydrogens (primary N) is 1. The number of anilines is 1. The zero-order chi connectivity index (χ0) is 13.9. The molecule has 1 aliphatic rings. The second-order valence-electron chi connectivity index (χ2n) is 5.01. The first kappa shape index (κ1) is 14.2. The molecule has 0 atom stereocenters. The van der Waals surface area contributed by atoms with Crippen LogP contribution in [0.5, 0.6) is 0 Å². The van der Waals surface area contributed by atoms with Crippen LogP contribution in [0, 0.1) is 5.82 Å². The fourth-order valence-corrected chi connectivity index (χ4v) is 3.46. The van der Waals surface area contributed by atoms with Gasteiger partial charge in [-0.25, -0.2) is 4.39 Å². The first-order chi connectivity index (χ1) is 9.06. The molecule has 0 radical (unpaired) electrons. The number of carbonyl (C=O) groups is 1. The van der Waals surface area contributed by atoms with E-state index < -0.39 is 5.82 Å². The summed E-state index contributed by atoms with van der Waals surface area (Å²) in [6, 6.07) is 3.86. The average molecular weight is 282 g/mol. The van der Waals surface area contributed by atoms with Crippen LogP contribution >= 0.6 is 11.8 Å². The Hall–Kier alpha value is -1.23. The topological polar surface area (TPSA) is 55.1 Å². The highest BCUT2D eigenvalue weighted by atomic mass is 32.2. The summed E-state index contributed by atoms with van der Waals surface area (Å²) in [5, 5.41) is 2.93. The highest BCUT2D eigenvalue weighted by Gasteiger charge is 2.33. The van der Waals surface area contributed by atoms with Crippen LogP contribution < -0.4 is 11.1 Å². The van der Waals surface area contributed by atoms with E-state index in [-0.39, 0.29) is 16.3 Å². The minimum absolute atomic E-state index is 0.157. The van der Waals surface area contributed by atoms with Gasteiger partial charge in [0, 0.05) is 17.0 Å². The monoisotopic (exact) mass is 282 g/mol. The van der Waals surface area contributed by atoms with Gasteiger partial charge >= 0.3 is 0 Å². The lowest BCUT2D eigenvalue weighted by Crippen LogP contribution is -2.38. The highest BCUT2D eigenvalue weighted by Crippen LogP contribution is 2.39. The Labute approximate surface area is 117 Å². The highest BCUT2D eigenvalue weighted by molar-refractivity contribution is 8.00. The first-order valence-electron chi connectivity index (χ1n) is 6.45. The van der Waals surface area contributed by atoms with Crippen LogP contribution in [0.3, 0.4) is 0 Å². The minimum atomic E-state index is -0.426. The summed E-state index contributed by atoms with van der Waals surface area (Å²) in [5.74, 6) is -0.650. The molecule has 3 nitrogen and oxygen atoms in total. The summed E-state index contributed by atoms with van der Waals surface area (Å²) in [5.41, 5.74) is 6.19. The van der Waals surface area contributed by atoms with Gasteiger partial charge in [-0.05, 0) is 37.3 Å². The van der Waals surface area contributed by atoms with Gasteiger partial charge in [-0.15, -0.1) is 0 Å². The quantitative estimate of drug-likeness (QED) is 0.835. The Morgan fingerprint density at radius 3 is 2.74 bits per heavy atom. The van der Waals surface area contributed by atoms with Crippen molar-refractivity contribution in [2.45, 2.75) is 30.4 Å². The predicted octanol–water partition coefficient (Wildman–Crippen LogP) is 2.81. The van der Waals surface area contributed by atoms with E-state index in [0.29, 0.717) is 12.1 Å². The van der Waals surface area contributed by atoms with Gasteiger partial charge < -0.3 is 11.1 Å². The third-order valence-electron chi connectivity index (χ3n) is 3.78. The van der Waals surface area contributed by atoms with E-state index in [1.54, 1.807) is 0 Å². The van der Waals surface area contributed by atoms with Crippen LogP contribution in [0.25, 0.3) is 0 Å². The molecule has 0 unspecified atom stereocenters. The Kier molecular flexibility index (Phi) is 4.34. The van der Waals surface area contributed by atoms with Gasteiger partial charge in [-0.2, -0.15) is 11.8 Å². The molecule has 0 heterocycles. The molecule has 1 saturated carbocycles. The molecule has 5 heteroatoms. The second-order valence-corrected chi connectivity index (χ2v) is 6.28. The van der Waals surface area contributed by atoms with E-state index in [2.05, 4.69) is 11.6 Å². The zero-order valence-electron chi connectivity index (χ0n) is 11.0. The molecule has 0 aliphatic heterocycles. The maximum absolute atomic E-state index is 12.9. The number of nitrogen functional groups attached to an aromatic ring is 1. The number of nitrogens with one attached hydrogen (secondary N) is 1. The molecule has 0 saturated heterocycles. The summed E-state index contributed by atoms with van der Waals surface area (Å²) >= 11 is 1.82. The van der Waals surface area contributed by atoms with E-state index in [1.807, 2.05) is 11.8 Å². The Morgan fingerprint density at radius 1 is 1.47 bits per heavy atom. The molecule has 1 aliphatic carbocycles. The van der Waals surface area contributed by atoms with Crippen molar-refractivity contribution in [3.05, 3.63) is 29.6 Å². The third-order valence-corrected chi connectivity index (χ3v) is 5.20. The molecular weight excluding hydrogens is 263 g/mol. The van der Waals surface area contributed by atoms with Crippen molar-refractivity contribution in [3.8, 4) is 0 Å². The number of hydrogen-bond acceptors (Lipinski definition) is 3. The molecule has 2 rings (SSSR count). The van der Waals surface area contributed by atoms with Crippen molar-refractivity contribution in [2.24, 2.45) is 0 Å². The number of carbonyl (C=O) groups excluding carboxylic acids is 1. The standard InChI is InChI=1S/C14H19FN2OS/c1-19-14(6-2-3-7-14)9-17-13(18)11-5-4-10(15)8-12(11)16/h4-5,8H,2-3,6-7,9,16H2,1H3,(H,17,18). The van der Waals surface area contributed by atoms with Gasteiger partial charge in [0.2, 0.25) is 0 Å². The molecule has 1 fully saturated rings. The van der Waals surface area contributed by atoms with Crippen LogP contribution in [0.1, 0.15) is 36.0 Å². The SMILES string of the molecule is CSC1(CNC(=O)c2ccc(F)cc2N)CCCC1. The van der Waals surface area contributed by atoms with Crippen molar-refractivity contribution in [1.29, 1.82) is 0 Å². The lowest BCUT2D eigenvalue weighted by molar-refractivity contribution is 0.0950. The van der Waals surface area contributed by atoms with Gasteiger partial charge in [-0.1, -0.05) is 12.8 Å². The first-order valence-corrected chi connectivity index (χ1v) is 7.67. The number of halogens is 1. The van der Waals surface area contributed by atoms with Crippen molar-refractivity contribution < 1.29 is 9.18 Å². The zero-order valence-corrected chi connectivity index (χ0v) is 11.9. The van der Waals surface area contributed by atoms with Crippen LogP contribution in [0.2, 0.25) is 0 Å². The molecule has 19 heavy (non-hydrogen) atoms. The van der Waals surface area contributed by atoms with Gasteiger partial charge in [0.25, 0.3) is 5.91 Å². The van der Waals surface area contributed by atoms with E-state index in [0.717, 1.165) is 12.8 Å². The van der Waals surface area contributed by atoms with Crippen LogP contribution in [-0.4, -0.2) is 23.5 Å². The van der Waals surface area contributed by atoms with Crippen LogP contribution in [0.4, 0.5) is 10.1 Å². The normalized spacial score (nSPS) is 17.4. The largest absolute Gasteiger partial charge is 0.398 e. The van der Waals surface area contributed by atoms with E-state index in [9.17, 15) is 9.18 Å². The smallest absolute Gasteiger partial charge is 0.253 e. The maximum Gasteiger partial charge on any atom is 0.253 e. The van der Waals surface area contributed by atoms with Gasteiger partial charge in [0.1, 0.15) is 5.82 Å². The Balaban J connectivity index is 2.01. The number of thioether (sulfide) groups is 1. The van der Waals surface area contributed by atoms with Crippen molar-refractivity contribution in [1.82, 2.24) is 5.32 Å². The molecule has 0 bridgehead atoms. The minimum Gasteiger partial charge on any atom is -0.398 e. The predicted molar refractivity (Wildman–Crippen MR) is 77.9 cm³/mol. The molecular formula is C14H19FN2OS. The third kappa shape index (κ3) is 3.21. The van der Waals surface area contributed by atoms with Crippen molar-refractivity contribution in [2.75, 3.05) is 18.5 Å². The molecule has 0 aromatic heterocycles. The summed E-state index contributed by atoms with van der Waals surface area (Å²) < 4.78 is 13.1. The molecule has 1 amide bonds. The number of benzene rings is 1. The van der Waals surface area contributed by atoms with Crippen molar-refractivity contribution in [3.63, 3.8) is 0 Å². The Bertz CT molecular complexity index is 473. The summed E-state index contributed by atoms with van der Waals surface area (Å²) in [7, 11) is 0. The fraction of sp³-hybridized carbons (Fsp3) is 0.500. The number of hydrogen-bond donors (Lipinski definition) is 2. The van der Waals surface area contributed by atoms with E-state index >= 15 is 0 Å². The lowest BCUT2D eigenvalue weighted by atomic mass is 10.1. The van der Waals surface area contributed by atoms with E-state index in [4.69, 9.17) is 5.73 Å². The fourth-order valence-electron chi connectivity index (χ4n) is 2.55. The van der Waals surface area contributed by atoms with Gasteiger partial charge in [-0.3, -0.25) is 4.79 Å². The molecule has 1 aromatic carbocycles. The average Bonchev–Trinajstić information content (AvgIpc) is 2.85. The van der Waals surface area contributed by atoms with Crippen LogP contribution in [0.15, 0.2) is 18.2 Å². The number of amides is 1. The van der Waals surface area contributed by atoms with Crippen LogP contribution in [-0.2, 0) is 0 Å². The molecule has 0 spiro atoms. The van der Waals surface area contributed by atoms with Gasteiger partial charge in [0.05, 0.1) is 5.56 Å².